The first-order valence-electron chi connectivity index (χ1n) is 22.8. The summed E-state index contributed by atoms with van der Waals surface area (Å²) in [7, 11) is 0. The molecule has 0 fully saturated rings. The molecule has 1 amide bonds. The van der Waals surface area contributed by atoms with Gasteiger partial charge in [0.05, 0.1) is 62.9 Å². The van der Waals surface area contributed by atoms with E-state index in [-0.39, 0.29) is 79.2 Å². The number of anilines is 1. The smallest absolute Gasteiger partial charge is 0.308 e. The summed E-state index contributed by atoms with van der Waals surface area (Å²) < 4.78 is 23.6. The molecule has 2 aliphatic heterocycles. The van der Waals surface area contributed by atoms with Gasteiger partial charge in [-0.05, 0) is 74.1 Å². The Morgan fingerprint density at radius 2 is 1.26 bits per heavy atom. The van der Waals surface area contributed by atoms with E-state index in [0.717, 1.165) is 69.0 Å². The van der Waals surface area contributed by atoms with Crippen molar-refractivity contribution >= 4 is 51.8 Å². The minimum atomic E-state index is -0.471. The molecule has 0 bridgehead atoms. The number of nitrogens with zero attached hydrogens (tertiary/aromatic N) is 7. The molecule has 0 saturated heterocycles. The second kappa shape index (κ2) is 25.1. The van der Waals surface area contributed by atoms with E-state index in [1.807, 2.05) is 86.3 Å². The minimum Gasteiger partial charge on any atom is -0.485 e. The van der Waals surface area contributed by atoms with Gasteiger partial charge in [-0.2, -0.15) is 26.0 Å². The van der Waals surface area contributed by atoms with Crippen molar-refractivity contribution in [3.05, 3.63) is 70.3 Å². The van der Waals surface area contributed by atoms with Gasteiger partial charge in [0.25, 0.3) is 5.91 Å². The lowest BCUT2D eigenvalue weighted by Gasteiger charge is -2.25. The van der Waals surface area contributed by atoms with Crippen LogP contribution in [-0.4, -0.2) is 68.8 Å². The molecule has 2 aromatic carbocycles. The van der Waals surface area contributed by atoms with E-state index >= 15 is 0 Å². The highest BCUT2D eigenvalue weighted by Crippen LogP contribution is 2.54. The van der Waals surface area contributed by atoms with E-state index in [2.05, 4.69) is 30.1 Å². The fourth-order valence-electron chi connectivity index (χ4n) is 7.66. The second-order valence-electron chi connectivity index (χ2n) is 15.8. The Bertz CT molecular complexity index is 2300. The van der Waals surface area contributed by atoms with Crippen LogP contribution in [0.4, 0.5) is 17.1 Å². The summed E-state index contributed by atoms with van der Waals surface area (Å²) in [6.45, 7) is 12.2. The standard InChI is InChI=1S/C50H59N7O7S/c1-6-11-14-34(9-4)49(59)63-27-25-56(26-28-64-50(60)35(10-5)15-12-7-2)40-22-20-39(21-23-40)55-54-38-18-16-36(17-19-38)46-44-45(62-30-29-61-44)47(65-46)42-41(33-53)43(37(31-51)32-52)57(48(42)58)24-13-8-3/h16-23,34-35H,6-15,24-30H2,1-5H3/b55-54+. The number of unbranched alkanes of at least 4 members (excludes halogenated alkanes) is 3. The number of fused-ring (bicyclic) bond motifs is 1. The van der Waals surface area contributed by atoms with Gasteiger partial charge in [0.1, 0.15) is 44.6 Å². The highest BCUT2D eigenvalue weighted by Gasteiger charge is 2.42. The van der Waals surface area contributed by atoms with Crippen LogP contribution in [0.1, 0.15) is 104 Å². The Labute approximate surface area is 386 Å². The predicted octanol–water partition coefficient (Wildman–Crippen LogP) is 11.1. The van der Waals surface area contributed by atoms with Gasteiger partial charge in [-0.25, -0.2) is 0 Å². The quantitative estimate of drug-likeness (QED) is 0.0472. The summed E-state index contributed by atoms with van der Waals surface area (Å²) in [6, 6.07) is 20.7. The van der Waals surface area contributed by atoms with E-state index in [9.17, 15) is 30.2 Å². The topological polar surface area (TPSA) is 191 Å². The van der Waals surface area contributed by atoms with Crippen molar-refractivity contribution in [2.24, 2.45) is 22.1 Å². The molecule has 0 spiro atoms. The van der Waals surface area contributed by atoms with Gasteiger partial charge in [0.15, 0.2) is 17.1 Å². The predicted molar refractivity (Wildman–Crippen MR) is 250 cm³/mol. The van der Waals surface area contributed by atoms with Crippen molar-refractivity contribution < 1.29 is 33.3 Å². The number of ether oxygens (including phenoxy) is 4. The van der Waals surface area contributed by atoms with E-state index in [0.29, 0.717) is 52.1 Å². The van der Waals surface area contributed by atoms with Gasteiger partial charge in [-0.1, -0.05) is 78.9 Å². The molecule has 5 rings (SSSR count). The second-order valence-corrected chi connectivity index (χ2v) is 16.8. The van der Waals surface area contributed by atoms with Crippen LogP contribution in [0.25, 0.3) is 16.0 Å². The molecule has 2 aliphatic rings. The van der Waals surface area contributed by atoms with Gasteiger partial charge in [0.2, 0.25) is 0 Å². The van der Waals surface area contributed by atoms with Crippen LogP contribution in [0.15, 0.2) is 75.6 Å². The summed E-state index contributed by atoms with van der Waals surface area (Å²) in [5.74, 6) is -0.280. The van der Waals surface area contributed by atoms with Crippen LogP contribution >= 0.6 is 11.3 Å². The molecule has 0 radical (unpaired) electrons. The molecular weight excluding hydrogens is 843 g/mol. The van der Waals surface area contributed by atoms with Crippen LogP contribution in [0.5, 0.6) is 11.5 Å². The number of rotatable bonds is 24. The molecule has 342 valence electrons. The average Bonchev–Trinajstić information content (AvgIpc) is 3.84. The van der Waals surface area contributed by atoms with Crippen molar-refractivity contribution in [1.82, 2.24) is 4.90 Å². The maximum absolute atomic E-state index is 14.0. The van der Waals surface area contributed by atoms with Crippen molar-refractivity contribution in [2.75, 3.05) is 51.0 Å². The van der Waals surface area contributed by atoms with Crippen molar-refractivity contribution in [1.29, 1.82) is 15.8 Å². The first kappa shape index (κ1) is 49.5. The van der Waals surface area contributed by atoms with Crippen LogP contribution < -0.4 is 14.4 Å². The summed E-state index contributed by atoms with van der Waals surface area (Å²) >= 11 is 1.24. The molecular formula is C50H59N7O7S. The Morgan fingerprint density at radius 1 is 0.754 bits per heavy atom. The number of carbonyl (C=O) groups excluding carboxylic acids is 3. The number of azo groups is 1. The SMILES string of the molecule is CCCCC(CC)C(=O)OCCN(CCOC(=O)C(CC)CCCC)c1ccc(/N=N/c2ccc(-c3sc(C4=C(C#N)C(=C(C#N)C#N)N(CCCC)C4=O)c4c3OCCO4)cc2)cc1. The Kier molecular flexibility index (Phi) is 19.1. The summed E-state index contributed by atoms with van der Waals surface area (Å²) in [6.07, 6.45) is 8.47. The molecule has 14 nitrogen and oxygen atoms in total. The van der Waals surface area contributed by atoms with Crippen LogP contribution in [0.3, 0.4) is 0 Å². The molecule has 2 atom stereocenters. The van der Waals surface area contributed by atoms with E-state index in [4.69, 9.17) is 18.9 Å². The summed E-state index contributed by atoms with van der Waals surface area (Å²) in [4.78, 5) is 44.2. The monoisotopic (exact) mass is 901 g/mol. The lowest BCUT2D eigenvalue weighted by Crippen LogP contribution is -2.33. The van der Waals surface area contributed by atoms with Crippen molar-refractivity contribution in [3.8, 4) is 40.1 Å². The highest BCUT2D eigenvalue weighted by atomic mass is 32.1. The molecule has 65 heavy (non-hydrogen) atoms. The molecule has 0 N–H and O–H groups in total. The minimum absolute atomic E-state index is 0.0230. The van der Waals surface area contributed by atoms with Gasteiger partial charge in [-0.3, -0.25) is 14.4 Å². The highest BCUT2D eigenvalue weighted by molar-refractivity contribution is 7.17. The number of benzene rings is 2. The molecule has 0 aliphatic carbocycles. The summed E-state index contributed by atoms with van der Waals surface area (Å²) in [5.41, 5.74) is 2.57. The maximum atomic E-state index is 14.0. The summed E-state index contributed by atoms with van der Waals surface area (Å²) in [5, 5.41) is 38.8. The zero-order chi connectivity index (χ0) is 46.7. The van der Waals surface area contributed by atoms with Crippen LogP contribution in [0.2, 0.25) is 0 Å². The maximum Gasteiger partial charge on any atom is 0.308 e. The number of carbonyl (C=O) groups is 3. The number of hydrogen-bond acceptors (Lipinski definition) is 14. The Morgan fingerprint density at radius 3 is 1.74 bits per heavy atom. The zero-order valence-corrected chi connectivity index (χ0v) is 39.0. The molecule has 1 aromatic heterocycles. The van der Waals surface area contributed by atoms with Crippen molar-refractivity contribution in [2.45, 2.75) is 98.8 Å². The first-order valence-corrected chi connectivity index (χ1v) is 23.6. The Hall–Kier alpha value is -6.50. The molecule has 3 heterocycles. The largest absolute Gasteiger partial charge is 0.485 e. The van der Waals surface area contributed by atoms with Gasteiger partial charge in [-0.15, -0.1) is 11.3 Å². The van der Waals surface area contributed by atoms with E-state index in [1.165, 1.54) is 16.2 Å². The van der Waals surface area contributed by atoms with Crippen LogP contribution in [-0.2, 0) is 23.9 Å². The van der Waals surface area contributed by atoms with E-state index < -0.39 is 5.91 Å². The number of allylic oxidation sites excluding steroid dienone is 2. The molecule has 0 saturated carbocycles. The fourth-order valence-corrected chi connectivity index (χ4v) is 8.90. The van der Waals surface area contributed by atoms with Gasteiger partial charge < -0.3 is 28.7 Å². The average molecular weight is 902 g/mol. The third-order valence-corrected chi connectivity index (χ3v) is 12.7. The third kappa shape index (κ3) is 12.4. The molecule has 2 unspecified atom stereocenters. The number of esters is 2. The van der Waals surface area contributed by atoms with Gasteiger partial charge in [0, 0.05) is 12.2 Å². The number of nitriles is 3. The zero-order valence-electron chi connectivity index (χ0n) is 38.2. The third-order valence-electron chi connectivity index (χ3n) is 11.5. The number of hydrogen-bond donors (Lipinski definition) is 0. The Balaban J connectivity index is 1.33. The lowest BCUT2D eigenvalue weighted by atomic mass is 10.00. The van der Waals surface area contributed by atoms with Crippen molar-refractivity contribution in [3.63, 3.8) is 0 Å². The fraction of sp³-hybridized carbons (Fsp3) is 0.480. The number of thiophene rings is 1. The van der Waals surface area contributed by atoms with Gasteiger partial charge >= 0.3 is 11.9 Å². The lowest BCUT2D eigenvalue weighted by molar-refractivity contribution is -0.149. The van der Waals surface area contributed by atoms with E-state index in [1.54, 1.807) is 0 Å². The normalized spacial score (nSPS) is 14.2. The molecule has 15 heteroatoms. The number of amides is 1. The first-order chi connectivity index (χ1) is 31.7. The van der Waals surface area contributed by atoms with Crippen LogP contribution in [0, 0.1) is 45.8 Å². The molecule has 3 aromatic rings.